The van der Waals surface area contributed by atoms with Gasteiger partial charge in [0.05, 0.1) is 26.7 Å². The van der Waals surface area contributed by atoms with Crippen LogP contribution in [0.3, 0.4) is 0 Å². The van der Waals surface area contributed by atoms with Gasteiger partial charge in [-0.15, -0.1) is 0 Å². The molecule has 2 N–H and O–H groups in total. The Morgan fingerprint density at radius 2 is 1.90 bits per heavy atom. The molecule has 29 heavy (non-hydrogen) atoms. The van der Waals surface area contributed by atoms with Crippen molar-refractivity contribution in [3.63, 3.8) is 0 Å². The van der Waals surface area contributed by atoms with Crippen LogP contribution in [-0.2, 0) is 16.1 Å². The van der Waals surface area contributed by atoms with Crippen LogP contribution in [0.4, 0.5) is 0 Å². The first kappa shape index (κ1) is 23.0. The highest BCUT2D eigenvalue weighted by atomic mass is 16.5. The lowest BCUT2D eigenvalue weighted by molar-refractivity contribution is -0.130. The largest absolute Gasteiger partial charge is 0.493 e. The molecule has 1 heterocycles. The van der Waals surface area contributed by atoms with Crippen LogP contribution in [0.15, 0.2) is 18.2 Å². The van der Waals surface area contributed by atoms with Gasteiger partial charge in [0.15, 0.2) is 11.5 Å². The summed E-state index contributed by atoms with van der Waals surface area (Å²) < 4.78 is 10.5. The van der Waals surface area contributed by atoms with Crippen molar-refractivity contribution in [1.82, 2.24) is 15.5 Å². The normalized spacial score (nSPS) is 19.4. The van der Waals surface area contributed by atoms with Gasteiger partial charge in [-0.1, -0.05) is 19.4 Å². The molecule has 1 fully saturated rings. The molecule has 1 aromatic rings. The van der Waals surface area contributed by atoms with Gasteiger partial charge in [0.2, 0.25) is 11.8 Å². The molecule has 2 amide bonds. The Bertz CT molecular complexity index is 680. The van der Waals surface area contributed by atoms with Crippen LogP contribution >= 0.6 is 0 Å². The van der Waals surface area contributed by atoms with E-state index in [0.717, 1.165) is 37.8 Å². The minimum Gasteiger partial charge on any atom is -0.493 e. The van der Waals surface area contributed by atoms with E-state index in [1.54, 1.807) is 14.2 Å². The molecule has 2 atom stereocenters. The van der Waals surface area contributed by atoms with E-state index in [1.807, 2.05) is 18.2 Å². The fourth-order valence-corrected chi connectivity index (χ4v) is 3.58. The van der Waals surface area contributed by atoms with Crippen LogP contribution in [0.5, 0.6) is 11.5 Å². The number of methoxy groups -OCH3 is 2. The number of hydrogen-bond acceptors (Lipinski definition) is 5. The zero-order valence-electron chi connectivity index (χ0n) is 18.1. The van der Waals surface area contributed by atoms with Crippen LogP contribution in [0.1, 0.15) is 45.1 Å². The molecular weight excluding hydrogens is 370 g/mol. The van der Waals surface area contributed by atoms with Gasteiger partial charge in [0.25, 0.3) is 0 Å². The van der Waals surface area contributed by atoms with Crippen molar-refractivity contribution >= 4 is 11.8 Å². The molecule has 2 unspecified atom stereocenters. The maximum absolute atomic E-state index is 12.5. The number of hydrogen-bond donors (Lipinski definition) is 2. The molecule has 0 bridgehead atoms. The molecule has 162 valence electrons. The van der Waals surface area contributed by atoms with E-state index >= 15 is 0 Å². The van der Waals surface area contributed by atoms with Gasteiger partial charge in [-0.2, -0.15) is 0 Å². The van der Waals surface area contributed by atoms with E-state index < -0.39 is 0 Å². The second-order valence-corrected chi connectivity index (χ2v) is 7.66. The third kappa shape index (κ3) is 6.92. The van der Waals surface area contributed by atoms with Crippen molar-refractivity contribution in [2.45, 2.75) is 52.1 Å². The number of carbonyl (C=O) groups is 2. The highest BCUT2D eigenvalue weighted by molar-refractivity contribution is 5.80. The summed E-state index contributed by atoms with van der Waals surface area (Å²) in [5, 5.41) is 5.98. The van der Waals surface area contributed by atoms with Crippen molar-refractivity contribution < 1.29 is 19.1 Å². The Labute approximate surface area is 174 Å². The average molecular weight is 406 g/mol. The maximum atomic E-state index is 12.5. The molecule has 0 spiro atoms. The molecule has 7 nitrogen and oxygen atoms in total. The predicted octanol–water partition coefficient (Wildman–Crippen LogP) is 2.34. The Balaban J connectivity index is 1.84. The summed E-state index contributed by atoms with van der Waals surface area (Å²) in [4.78, 5) is 27.0. The first-order chi connectivity index (χ1) is 14.0. The van der Waals surface area contributed by atoms with E-state index in [9.17, 15) is 9.59 Å². The fourth-order valence-electron chi connectivity index (χ4n) is 3.58. The molecule has 0 aromatic heterocycles. The highest BCUT2D eigenvalue weighted by Gasteiger charge is 2.30. The molecule has 0 aliphatic carbocycles. The Morgan fingerprint density at radius 3 is 2.59 bits per heavy atom. The molecule has 1 aliphatic rings. The summed E-state index contributed by atoms with van der Waals surface area (Å²) in [6.45, 7) is 6.30. The van der Waals surface area contributed by atoms with Crippen LogP contribution in [0, 0.1) is 5.92 Å². The lowest BCUT2D eigenvalue weighted by atomic mass is 9.92. The molecule has 7 heteroatoms. The molecule has 0 saturated carbocycles. The predicted molar refractivity (Wildman–Crippen MR) is 113 cm³/mol. The summed E-state index contributed by atoms with van der Waals surface area (Å²) in [7, 11) is 3.18. The van der Waals surface area contributed by atoms with Crippen LogP contribution in [0.25, 0.3) is 0 Å². The number of amides is 2. The van der Waals surface area contributed by atoms with E-state index in [2.05, 4.69) is 29.4 Å². The average Bonchev–Trinajstić information content (AvgIpc) is 2.73. The topological polar surface area (TPSA) is 79.9 Å². The smallest absolute Gasteiger partial charge is 0.234 e. The quantitative estimate of drug-likeness (QED) is 0.584. The number of benzene rings is 1. The fraction of sp³-hybridized carbons (Fsp3) is 0.636. The van der Waals surface area contributed by atoms with Gasteiger partial charge in [0, 0.05) is 25.7 Å². The number of nitrogens with one attached hydrogen (secondary N) is 2. The van der Waals surface area contributed by atoms with Crippen LogP contribution in [-0.4, -0.2) is 56.6 Å². The Hall–Kier alpha value is -2.28. The molecular formula is C22H35N3O4. The van der Waals surface area contributed by atoms with Gasteiger partial charge in [-0.25, -0.2) is 0 Å². The minimum atomic E-state index is -0.0429. The second-order valence-electron chi connectivity index (χ2n) is 7.66. The summed E-state index contributed by atoms with van der Waals surface area (Å²) in [6.07, 6.45) is 3.86. The zero-order chi connectivity index (χ0) is 21.2. The lowest BCUT2D eigenvalue weighted by Gasteiger charge is -2.36. The van der Waals surface area contributed by atoms with E-state index in [0.29, 0.717) is 37.2 Å². The molecule has 1 aromatic carbocycles. The van der Waals surface area contributed by atoms with E-state index in [4.69, 9.17) is 9.47 Å². The Morgan fingerprint density at radius 1 is 1.14 bits per heavy atom. The standard InChI is InChI=1S/C22H35N3O4/c1-5-6-11-23-22(27)18-9-7-16(2)25(14-18)15-21(26)24-13-17-8-10-19(28-3)20(12-17)29-4/h8,10,12,16,18H,5-7,9,11,13-15H2,1-4H3,(H,23,27)(H,24,26). The summed E-state index contributed by atoms with van der Waals surface area (Å²) in [5.41, 5.74) is 0.941. The SMILES string of the molecule is CCCCNC(=O)C1CCC(C)N(CC(=O)NCc2ccc(OC)c(OC)c2)C1. The third-order valence-corrected chi connectivity index (χ3v) is 5.50. The monoisotopic (exact) mass is 405 g/mol. The Kier molecular flexibility index (Phi) is 9.25. The van der Waals surface area contributed by atoms with Crippen molar-refractivity contribution in [2.75, 3.05) is 33.9 Å². The van der Waals surface area contributed by atoms with Crippen molar-refractivity contribution in [2.24, 2.45) is 5.92 Å². The van der Waals surface area contributed by atoms with Gasteiger partial charge < -0.3 is 20.1 Å². The zero-order valence-corrected chi connectivity index (χ0v) is 18.1. The number of likely N-dealkylation sites (tertiary alicyclic amines) is 1. The third-order valence-electron chi connectivity index (χ3n) is 5.50. The number of piperidine rings is 1. The maximum Gasteiger partial charge on any atom is 0.234 e. The summed E-state index contributed by atoms with van der Waals surface area (Å²) >= 11 is 0. The van der Waals surface area contributed by atoms with Crippen molar-refractivity contribution in [1.29, 1.82) is 0 Å². The second kappa shape index (κ2) is 11.7. The highest BCUT2D eigenvalue weighted by Crippen LogP contribution is 2.27. The van der Waals surface area contributed by atoms with Crippen molar-refractivity contribution in [3.8, 4) is 11.5 Å². The number of nitrogens with zero attached hydrogens (tertiary/aromatic N) is 1. The molecule has 0 radical (unpaired) electrons. The minimum absolute atomic E-state index is 0.0401. The first-order valence-electron chi connectivity index (χ1n) is 10.5. The molecule has 1 saturated heterocycles. The van der Waals surface area contributed by atoms with Crippen molar-refractivity contribution in [3.05, 3.63) is 23.8 Å². The number of ether oxygens (including phenoxy) is 2. The van der Waals surface area contributed by atoms with Gasteiger partial charge in [0.1, 0.15) is 0 Å². The van der Waals surface area contributed by atoms with E-state index in [1.165, 1.54) is 0 Å². The van der Waals surface area contributed by atoms with Crippen LogP contribution in [0.2, 0.25) is 0 Å². The number of carbonyl (C=O) groups excluding carboxylic acids is 2. The first-order valence-corrected chi connectivity index (χ1v) is 10.5. The van der Waals surface area contributed by atoms with Crippen LogP contribution < -0.4 is 20.1 Å². The summed E-state index contributed by atoms with van der Waals surface area (Å²) in [5.74, 6) is 1.33. The summed E-state index contributed by atoms with van der Waals surface area (Å²) in [6, 6.07) is 5.89. The van der Waals surface area contributed by atoms with E-state index in [-0.39, 0.29) is 17.7 Å². The van der Waals surface area contributed by atoms with Gasteiger partial charge in [-0.05, 0) is 43.9 Å². The molecule has 2 rings (SSSR count). The van der Waals surface area contributed by atoms with Gasteiger partial charge >= 0.3 is 0 Å². The lowest BCUT2D eigenvalue weighted by Crippen LogP contribution is -2.50. The molecule has 1 aliphatic heterocycles. The number of unbranched alkanes of at least 4 members (excludes halogenated alkanes) is 1. The van der Waals surface area contributed by atoms with Gasteiger partial charge in [-0.3, -0.25) is 14.5 Å². The number of rotatable bonds is 10.